The highest BCUT2D eigenvalue weighted by Crippen LogP contribution is 2.35. The smallest absolute Gasteiger partial charge is 0.278 e. The summed E-state index contributed by atoms with van der Waals surface area (Å²) in [5, 5.41) is 0.615. The monoisotopic (exact) mass is 456 g/mol. The van der Waals surface area contributed by atoms with Crippen LogP contribution in [0, 0.1) is 6.92 Å². The number of pyridine rings is 1. The number of para-hydroxylation sites is 1. The molecule has 1 aliphatic rings. The van der Waals surface area contributed by atoms with Gasteiger partial charge >= 0.3 is 5.69 Å². The summed E-state index contributed by atoms with van der Waals surface area (Å²) in [5.41, 5.74) is 2.51. The van der Waals surface area contributed by atoms with Crippen LogP contribution >= 0.6 is 11.3 Å². The number of aryl methyl sites for hydroxylation is 3. The van der Waals surface area contributed by atoms with E-state index in [-0.39, 0.29) is 17.7 Å². The highest BCUT2D eigenvalue weighted by atomic mass is 32.1. The van der Waals surface area contributed by atoms with Gasteiger partial charge in [-0.05, 0) is 56.0 Å². The third-order valence-corrected chi connectivity index (χ3v) is 7.57. The maximum Gasteiger partial charge on any atom is 0.337 e. The molecule has 164 valence electrons. The molecule has 0 unspecified atom stereocenters. The van der Waals surface area contributed by atoms with Gasteiger partial charge in [-0.2, -0.15) is 0 Å². The van der Waals surface area contributed by atoms with E-state index in [4.69, 9.17) is 0 Å². The highest BCUT2D eigenvalue weighted by molar-refractivity contribution is 7.18. The van der Waals surface area contributed by atoms with Crippen molar-refractivity contribution < 1.29 is 0 Å². The lowest BCUT2D eigenvalue weighted by atomic mass is 10.2. The molecule has 4 heterocycles. The average molecular weight is 457 g/mol. The van der Waals surface area contributed by atoms with Gasteiger partial charge in [0.15, 0.2) is 0 Å². The van der Waals surface area contributed by atoms with Gasteiger partial charge in [0, 0.05) is 16.6 Å². The van der Waals surface area contributed by atoms with Crippen LogP contribution in [0.2, 0.25) is 0 Å². The zero-order chi connectivity index (χ0) is 22.7. The van der Waals surface area contributed by atoms with Gasteiger partial charge in [0.1, 0.15) is 10.5 Å². The molecule has 0 saturated carbocycles. The van der Waals surface area contributed by atoms with E-state index in [9.17, 15) is 14.4 Å². The van der Waals surface area contributed by atoms with Gasteiger partial charge in [0.2, 0.25) is 0 Å². The van der Waals surface area contributed by atoms with E-state index in [1.807, 2.05) is 37.3 Å². The van der Waals surface area contributed by atoms with E-state index >= 15 is 0 Å². The van der Waals surface area contributed by atoms with Gasteiger partial charge in [-0.3, -0.25) is 18.6 Å². The van der Waals surface area contributed by atoms with Crippen LogP contribution in [0.1, 0.15) is 28.2 Å². The second kappa shape index (κ2) is 7.38. The number of aromatic nitrogens is 4. The predicted molar refractivity (Wildman–Crippen MR) is 129 cm³/mol. The first-order chi connectivity index (χ1) is 16.0. The molecular weight excluding hydrogens is 436 g/mol. The van der Waals surface area contributed by atoms with Crippen molar-refractivity contribution in [3.05, 3.63) is 108 Å². The largest absolute Gasteiger partial charge is 0.337 e. The molecule has 0 saturated heterocycles. The van der Waals surface area contributed by atoms with E-state index in [2.05, 4.69) is 4.98 Å². The van der Waals surface area contributed by atoms with Crippen LogP contribution in [0.15, 0.2) is 69.0 Å². The van der Waals surface area contributed by atoms with Crippen LogP contribution in [0.3, 0.4) is 0 Å². The summed E-state index contributed by atoms with van der Waals surface area (Å²) in [5.74, 6) is 0. The van der Waals surface area contributed by atoms with Crippen LogP contribution in [0.25, 0.3) is 21.6 Å². The molecule has 0 bridgehead atoms. The van der Waals surface area contributed by atoms with Crippen LogP contribution in [0.4, 0.5) is 0 Å². The van der Waals surface area contributed by atoms with E-state index in [1.54, 1.807) is 27.2 Å². The quantitative estimate of drug-likeness (QED) is 0.418. The second-order valence-corrected chi connectivity index (χ2v) is 9.41. The number of thiophene rings is 1. The third kappa shape index (κ3) is 3.01. The lowest BCUT2D eigenvalue weighted by Crippen LogP contribution is -2.39. The summed E-state index contributed by atoms with van der Waals surface area (Å²) in [6.45, 7) is 1.97. The Balaban J connectivity index is 1.64. The normalized spacial score (nSPS) is 13.1. The first-order valence-electron chi connectivity index (χ1n) is 10.9. The molecule has 0 radical (unpaired) electrons. The number of rotatable bonds is 3. The van der Waals surface area contributed by atoms with Gasteiger partial charge in [-0.15, -0.1) is 11.3 Å². The Kier molecular flexibility index (Phi) is 4.45. The van der Waals surface area contributed by atoms with E-state index in [1.165, 1.54) is 26.8 Å². The molecule has 5 aromatic rings. The molecular formula is C25H20N4O3S. The molecule has 7 nitrogen and oxygen atoms in total. The van der Waals surface area contributed by atoms with Gasteiger partial charge in [-0.25, -0.2) is 14.3 Å². The number of hydrogen-bond acceptors (Lipinski definition) is 5. The molecule has 4 aromatic heterocycles. The van der Waals surface area contributed by atoms with Crippen molar-refractivity contribution in [2.45, 2.75) is 32.7 Å². The summed E-state index contributed by atoms with van der Waals surface area (Å²) in [4.78, 5) is 46.5. The zero-order valence-electron chi connectivity index (χ0n) is 17.9. The third-order valence-electron chi connectivity index (χ3n) is 6.25. The van der Waals surface area contributed by atoms with E-state index in [0.29, 0.717) is 27.2 Å². The Labute approximate surface area is 191 Å². The Morgan fingerprint density at radius 1 is 1.00 bits per heavy atom. The van der Waals surface area contributed by atoms with Crippen LogP contribution in [-0.4, -0.2) is 18.5 Å². The summed E-state index contributed by atoms with van der Waals surface area (Å²) in [6, 6.07) is 15.9. The Morgan fingerprint density at radius 2 is 1.82 bits per heavy atom. The molecule has 33 heavy (non-hydrogen) atoms. The van der Waals surface area contributed by atoms with Crippen LogP contribution in [-0.2, 0) is 19.4 Å². The number of nitrogens with zero attached hydrogens (tertiary/aromatic N) is 4. The van der Waals surface area contributed by atoms with Gasteiger partial charge in [0.25, 0.3) is 11.1 Å². The fourth-order valence-corrected chi connectivity index (χ4v) is 6.13. The summed E-state index contributed by atoms with van der Waals surface area (Å²) in [7, 11) is 0. The van der Waals surface area contributed by atoms with Gasteiger partial charge in [0.05, 0.1) is 23.3 Å². The predicted octanol–water partition coefficient (Wildman–Crippen LogP) is 3.07. The number of hydrogen-bond donors (Lipinski definition) is 0. The average Bonchev–Trinajstić information content (AvgIpc) is 3.39. The first kappa shape index (κ1) is 19.9. The molecule has 6 rings (SSSR count). The Hall–Kier alpha value is -3.78. The van der Waals surface area contributed by atoms with Crippen molar-refractivity contribution in [1.29, 1.82) is 0 Å². The minimum atomic E-state index is -0.426. The van der Waals surface area contributed by atoms with E-state index in [0.717, 1.165) is 30.5 Å². The zero-order valence-corrected chi connectivity index (χ0v) is 18.8. The topological polar surface area (TPSA) is 78.4 Å². The fraction of sp³-hybridized carbons (Fsp3) is 0.200. The van der Waals surface area contributed by atoms with Gasteiger partial charge in [-0.1, -0.05) is 24.3 Å². The summed E-state index contributed by atoms with van der Waals surface area (Å²) in [6.07, 6.45) is 2.78. The molecule has 0 amide bonds. The summed E-state index contributed by atoms with van der Waals surface area (Å²) < 4.78 is 4.39. The minimum Gasteiger partial charge on any atom is -0.278 e. The summed E-state index contributed by atoms with van der Waals surface area (Å²) >= 11 is 1.51. The fourth-order valence-electron chi connectivity index (χ4n) is 4.76. The van der Waals surface area contributed by atoms with Crippen molar-refractivity contribution in [1.82, 2.24) is 18.5 Å². The molecule has 8 heteroatoms. The highest BCUT2D eigenvalue weighted by Gasteiger charge is 2.25. The standard InChI is InChI=1S/C25H20N4O3S/c1-15-7-5-12-20-26-16(13-21(30)28(15)20)14-27-24-22(18-10-6-11-19(18)33-24)23(31)29(25(27)32)17-8-3-2-4-9-17/h2-5,7-9,12-13H,6,10-11,14H2,1H3. The molecule has 0 atom stereocenters. The number of fused-ring (bicyclic) bond motifs is 4. The van der Waals surface area contributed by atoms with Crippen molar-refractivity contribution in [3.8, 4) is 5.69 Å². The Morgan fingerprint density at radius 3 is 2.64 bits per heavy atom. The SMILES string of the molecule is Cc1cccc2nc(Cn3c(=O)n(-c4ccccc4)c(=O)c4c5c(sc43)CCC5)cc(=O)n12. The second-order valence-electron chi connectivity index (χ2n) is 8.33. The van der Waals surface area contributed by atoms with E-state index < -0.39 is 5.69 Å². The molecule has 1 aromatic carbocycles. The van der Waals surface area contributed by atoms with Gasteiger partial charge < -0.3 is 0 Å². The van der Waals surface area contributed by atoms with Crippen molar-refractivity contribution in [3.63, 3.8) is 0 Å². The Bertz CT molecular complexity index is 1740. The van der Waals surface area contributed by atoms with Crippen molar-refractivity contribution in [2.75, 3.05) is 0 Å². The minimum absolute atomic E-state index is 0.113. The maximum atomic E-state index is 13.7. The van der Waals surface area contributed by atoms with Crippen molar-refractivity contribution >= 4 is 27.2 Å². The molecule has 1 aliphatic carbocycles. The lowest BCUT2D eigenvalue weighted by Gasteiger charge is -2.13. The molecule has 0 spiro atoms. The maximum absolute atomic E-state index is 13.7. The van der Waals surface area contributed by atoms with Crippen molar-refractivity contribution in [2.24, 2.45) is 0 Å². The molecule has 0 N–H and O–H groups in total. The molecule has 0 aliphatic heterocycles. The van der Waals surface area contributed by atoms with Crippen LogP contribution in [0.5, 0.6) is 0 Å². The molecule has 0 fully saturated rings. The van der Waals surface area contributed by atoms with Crippen LogP contribution < -0.4 is 16.8 Å². The number of benzene rings is 1. The lowest BCUT2D eigenvalue weighted by molar-refractivity contribution is 0.703. The first-order valence-corrected chi connectivity index (χ1v) is 11.7.